The summed E-state index contributed by atoms with van der Waals surface area (Å²) in [5.41, 5.74) is 0. The quantitative estimate of drug-likeness (QED) is 0.656. The number of amides is 2. The van der Waals surface area contributed by atoms with Gasteiger partial charge in [-0.15, -0.1) is 0 Å². The number of carbonyl (C=O) groups excluding carboxylic acids is 1. The van der Waals surface area contributed by atoms with Crippen molar-refractivity contribution in [3.8, 4) is 0 Å². The molecule has 0 unspecified atom stereocenters. The maximum atomic E-state index is 11.2. The molecule has 0 radical (unpaired) electrons. The summed E-state index contributed by atoms with van der Waals surface area (Å²) in [5, 5.41) is 9.72. The molecule has 0 saturated carbocycles. The lowest BCUT2D eigenvalue weighted by Gasteiger charge is -2.13. The standard InChI is InChI=1S/C10H17N5O2/c1-8-13-9(17-14-8)2-3-11-4-6-15-7-5-12-10(15)16/h11H,2-7H2,1H3,(H,12,16). The summed E-state index contributed by atoms with van der Waals surface area (Å²) in [6, 6.07) is 0.0272. The Morgan fingerprint density at radius 3 is 3.06 bits per heavy atom. The molecule has 7 nitrogen and oxygen atoms in total. The fraction of sp³-hybridized carbons (Fsp3) is 0.700. The minimum Gasteiger partial charge on any atom is -0.339 e. The molecule has 0 bridgehead atoms. The van der Waals surface area contributed by atoms with Crippen LogP contribution in [0.2, 0.25) is 0 Å². The van der Waals surface area contributed by atoms with E-state index in [4.69, 9.17) is 4.52 Å². The lowest BCUT2D eigenvalue weighted by molar-refractivity contribution is 0.217. The maximum absolute atomic E-state index is 11.2. The molecule has 2 N–H and O–H groups in total. The van der Waals surface area contributed by atoms with Gasteiger partial charge < -0.3 is 20.1 Å². The Morgan fingerprint density at radius 1 is 1.53 bits per heavy atom. The zero-order valence-electron chi connectivity index (χ0n) is 9.90. The fourth-order valence-electron chi connectivity index (χ4n) is 1.70. The maximum Gasteiger partial charge on any atom is 0.317 e. The molecule has 0 aromatic carbocycles. The smallest absolute Gasteiger partial charge is 0.317 e. The van der Waals surface area contributed by atoms with Crippen molar-refractivity contribution >= 4 is 6.03 Å². The number of rotatable bonds is 6. The lowest BCUT2D eigenvalue weighted by atomic mass is 10.4. The van der Waals surface area contributed by atoms with Crippen LogP contribution >= 0.6 is 0 Å². The van der Waals surface area contributed by atoms with Crippen LogP contribution in [0.15, 0.2) is 4.52 Å². The van der Waals surface area contributed by atoms with Gasteiger partial charge in [-0.2, -0.15) is 4.98 Å². The Bertz CT molecular complexity index is 379. The van der Waals surface area contributed by atoms with Gasteiger partial charge in [0.05, 0.1) is 0 Å². The van der Waals surface area contributed by atoms with E-state index in [0.717, 1.165) is 32.7 Å². The average Bonchev–Trinajstić information content (AvgIpc) is 2.88. The van der Waals surface area contributed by atoms with Gasteiger partial charge in [0, 0.05) is 39.1 Å². The third kappa shape index (κ3) is 3.42. The van der Waals surface area contributed by atoms with E-state index in [9.17, 15) is 4.79 Å². The molecule has 1 aromatic heterocycles. The van der Waals surface area contributed by atoms with Crippen molar-refractivity contribution in [3.05, 3.63) is 11.7 Å². The fourth-order valence-corrected chi connectivity index (χ4v) is 1.70. The summed E-state index contributed by atoms with van der Waals surface area (Å²) >= 11 is 0. The molecule has 2 heterocycles. The van der Waals surface area contributed by atoms with E-state index in [1.54, 1.807) is 11.8 Å². The van der Waals surface area contributed by atoms with E-state index in [0.29, 0.717) is 18.1 Å². The third-order valence-corrected chi connectivity index (χ3v) is 2.59. The van der Waals surface area contributed by atoms with Crippen molar-refractivity contribution in [1.29, 1.82) is 0 Å². The summed E-state index contributed by atoms with van der Waals surface area (Å²) in [4.78, 5) is 17.1. The van der Waals surface area contributed by atoms with Crippen molar-refractivity contribution in [1.82, 2.24) is 25.7 Å². The number of urea groups is 1. The monoisotopic (exact) mass is 239 g/mol. The summed E-state index contributed by atoms with van der Waals surface area (Å²) in [5.74, 6) is 1.31. The molecular weight excluding hydrogens is 222 g/mol. The van der Waals surface area contributed by atoms with Crippen LogP contribution in [0.25, 0.3) is 0 Å². The van der Waals surface area contributed by atoms with Gasteiger partial charge in [-0.05, 0) is 6.92 Å². The van der Waals surface area contributed by atoms with Crippen molar-refractivity contribution < 1.29 is 9.32 Å². The van der Waals surface area contributed by atoms with Crippen molar-refractivity contribution in [2.75, 3.05) is 32.7 Å². The van der Waals surface area contributed by atoms with Crippen LogP contribution in [0, 0.1) is 6.92 Å². The first-order valence-corrected chi connectivity index (χ1v) is 5.78. The van der Waals surface area contributed by atoms with Gasteiger partial charge in [-0.1, -0.05) is 5.16 Å². The second kappa shape index (κ2) is 5.62. The van der Waals surface area contributed by atoms with Crippen LogP contribution in [0.5, 0.6) is 0 Å². The Morgan fingerprint density at radius 2 is 2.41 bits per heavy atom. The Balaban J connectivity index is 1.56. The summed E-state index contributed by atoms with van der Waals surface area (Å²) < 4.78 is 4.99. The van der Waals surface area contributed by atoms with Crippen LogP contribution < -0.4 is 10.6 Å². The van der Waals surface area contributed by atoms with Gasteiger partial charge in [0.1, 0.15) is 0 Å². The Labute approximate surface area is 99.6 Å². The summed E-state index contributed by atoms with van der Waals surface area (Å²) in [6.45, 7) is 5.63. The van der Waals surface area contributed by atoms with E-state index >= 15 is 0 Å². The van der Waals surface area contributed by atoms with E-state index < -0.39 is 0 Å². The molecule has 17 heavy (non-hydrogen) atoms. The summed E-state index contributed by atoms with van der Waals surface area (Å²) in [7, 11) is 0. The molecule has 94 valence electrons. The largest absolute Gasteiger partial charge is 0.339 e. The van der Waals surface area contributed by atoms with Crippen LogP contribution in [-0.4, -0.2) is 53.8 Å². The molecule has 1 saturated heterocycles. The highest BCUT2D eigenvalue weighted by molar-refractivity contribution is 5.76. The molecule has 1 aliphatic rings. The number of nitrogens with one attached hydrogen (secondary N) is 2. The molecule has 7 heteroatoms. The second-order valence-corrected chi connectivity index (χ2v) is 3.95. The Hall–Kier alpha value is -1.63. The van der Waals surface area contributed by atoms with E-state index in [2.05, 4.69) is 20.8 Å². The first-order valence-electron chi connectivity index (χ1n) is 5.78. The van der Waals surface area contributed by atoms with E-state index in [1.807, 2.05) is 0 Å². The molecule has 0 aliphatic carbocycles. The van der Waals surface area contributed by atoms with Crippen LogP contribution in [0.4, 0.5) is 4.79 Å². The lowest BCUT2D eigenvalue weighted by Crippen LogP contribution is -2.35. The number of hydrogen-bond donors (Lipinski definition) is 2. The zero-order chi connectivity index (χ0) is 12.1. The summed E-state index contributed by atoms with van der Waals surface area (Å²) in [6.07, 6.45) is 0.715. The number of aryl methyl sites for hydroxylation is 1. The number of carbonyl (C=O) groups is 1. The molecule has 0 spiro atoms. The van der Waals surface area contributed by atoms with Gasteiger partial charge in [0.15, 0.2) is 5.82 Å². The van der Waals surface area contributed by atoms with Gasteiger partial charge in [0.2, 0.25) is 5.89 Å². The predicted molar refractivity (Wildman–Crippen MR) is 60.6 cm³/mol. The minimum atomic E-state index is 0.0272. The van der Waals surface area contributed by atoms with E-state index in [1.165, 1.54) is 0 Å². The highest BCUT2D eigenvalue weighted by Crippen LogP contribution is 1.96. The molecule has 1 fully saturated rings. The second-order valence-electron chi connectivity index (χ2n) is 3.95. The van der Waals surface area contributed by atoms with Gasteiger partial charge in [-0.25, -0.2) is 4.79 Å². The topological polar surface area (TPSA) is 83.3 Å². The molecule has 1 aliphatic heterocycles. The highest BCUT2D eigenvalue weighted by atomic mass is 16.5. The van der Waals surface area contributed by atoms with E-state index in [-0.39, 0.29) is 6.03 Å². The van der Waals surface area contributed by atoms with Gasteiger partial charge in [0.25, 0.3) is 0 Å². The van der Waals surface area contributed by atoms with Gasteiger partial charge >= 0.3 is 6.03 Å². The first-order chi connectivity index (χ1) is 8.25. The molecular formula is C10H17N5O2. The zero-order valence-corrected chi connectivity index (χ0v) is 9.90. The highest BCUT2D eigenvalue weighted by Gasteiger charge is 2.17. The molecule has 0 atom stereocenters. The Kier molecular flexibility index (Phi) is 3.92. The predicted octanol–water partition coefficient (Wildman–Crippen LogP) is -0.465. The third-order valence-electron chi connectivity index (χ3n) is 2.59. The normalized spacial score (nSPS) is 15.4. The van der Waals surface area contributed by atoms with Crippen LogP contribution in [-0.2, 0) is 6.42 Å². The molecule has 2 amide bonds. The number of hydrogen-bond acceptors (Lipinski definition) is 5. The van der Waals surface area contributed by atoms with Crippen molar-refractivity contribution in [2.24, 2.45) is 0 Å². The average molecular weight is 239 g/mol. The number of aromatic nitrogens is 2. The first kappa shape index (κ1) is 11.8. The number of nitrogens with zero attached hydrogens (tertiary/aromatic N) is 3. The van der Waals surface area contributed by atoms with Crippen molar-refractivity contribution in [3.63, 3.8) is 0 Å². The van der Waals surface area contributed by atoms with Crippen LogP contribution in [0.3, 0.4) is 0 Å². The minimum absolute atomic E-state index is 0.0272. The molecule has 2 rings (SSSR count). The molecule has 1 aromatic rings. The van der Waals surface area contributed by atoms with Crippen LogP contribution in [0.1, 0.15) is 11.7 Å². The van der Waals surface area contributed by atoms with Crippen molar-refractivity contribution in [2.45, 2.75) is 13.3 Å². The van der Waals surface area contributed by atoms with Gasteiger partial charge in [-0.3, -0.25) is 0 Å². The SMILES string of the molecule is Cc1noc(CCNCCN2CCNC2=O)n1.